The average molecular weight is 328 g/mol. The van der Waals surface area contributed by atoms with Gasteiger partial charge < -0.3 is 14.7 Å². The molecule has 2 fully saturated rings. The molecule has 24 heavy (non-hydrogen) atoms. The van der Waals surface area contributed by atoms with Crippen molar-refractivity contribution in [3.63, 3.8) is 0 Å². The van der Waals surface area contributed by atoms with Crippen LogP contribution in [0.2, 0.25) is 0 Å². The molecule has 0 saturated carbocycles. The number of hydrogen-bond donors (Lipinski definition) is 0. The molecule has 0 aromatic heterocycles. The lowest BCUT2D eigenvalue weighted by molar-refractivity contribution is 0.0937. The van der Waals surface area contributed by atoms with Crippen molar-refractivity contribution in [2.45, 2.75) is 51.0 Å². The monoisotopic (exact) mass is 327 g/mol. The predicted molar refractivity (Wildman–Crippen MR) is 102 cm³/mol. The highest BCUT2D eigenvalue weighted by Gasteiger charge is 2.26. The van der Waals surface area contributed by atoms with Crippen LogP contribution in [0.3, 0.4) is 0 Å². The molecule has 3 heteroatoms. The van der Waals surface area contributed by atoms with E-state index in [2.05, 4.69) is 39.0 Å². The molecule has 132 valence electrons. The molecule has 0 radical (unpaired) electrons. The van der Waals surface area contributed by atoms with Crippen molar-refractivity contribution in [1.29, 1.82) is 0 Å². The van der Waals surface area contributed by atoms with E-state index in [-0.39, 0.29) is 0 Å². The fraction of sp³-hybridized carbons (Fsp3) is 0.714. The number of benzene rings is 1. The van der Waals surface area contributed by atoms with E-state index < -0.39 is 0 Å². The van der Waals surface area contributed by atoms with Crippen molar-refractivity contribution in [2.24, 2.45) is 0 Å². The number of para-hydroxylation sites is 1. The van der Waals surface area contributed by atoms with Gasteiger partial charge in [-0.1, -0.05) is 24.6 Å². The Morgan fingerprint density at radius 1 is 0.792 bits per heavy atom. The highest BCUT2D eigenvalue weighted by molar-refractivity contribution is 5.55. The van der Waals surface area contributed by atoms with E-state index in [1.807, 2.05) is 0 Å². The summed E-state index contributed by atoms with van der Waals surface area (Å²) in [6, 6.07) is 9.88. The summed E-state index contributed by atoms with van der Waals surface area (Å²) in [5.41, 5.74) is 3.04. The van der Waals surface area contributed by atoms with Crippen molar-refractivity contribution < 1.29 is 0 Å². The number of anilines is 1. The summed E-state index contributed by atoms with van der Waals surface area (Å²) in [5.74, 6) is 0. The lowest BCUT2D eigenvalue weighted by Crippen LogP contribution is -2.48. The van der Waals surface area contributed by atoms with E-state index in [0.29, 0.717) is 0 Å². The van der Waals surface area contributed by atoms with Gasteiger partial charge in [-0.15, -0.1) is 0 Å². The molecule has 0 spiro atoms. The smallest absolute Gasteiger partial charge is 0.0399 e. The first-order valence-corrected chi connectivity index (χ1v) is 10.2. The molecule has 1 aromatic carbocycles. The third-order valence-corrected chi connectivity index (χ3v) is 6.36. The number of likely N-dealkylation sites (tertiary alicyclic amines) is 2. The Hall–Kier alpha value is -1.06. The maximum Gasteiger partial charge on any atom is 0.0399 e. The number of rotatable bonds is 4. The van der Waals surface area contributed by atoms with E-state index in [9.17, 15) is 0 Å². The summed E-state index contributed by atoms with van der Waals surface area (Å²) >= 11 is 0. The van der Waals surface area contributed by atoms with Gasteiger partial charge in [0.05, 0.1) is 0 Å². The van der Waals surface area contributed by atoms with Crippen molar-refractivity contribution in [1.82, 2.24) is 9.80 Å². The summed E-state index contributed by atoms with van der Waals surface area (Å²) in [6.07, 6.45) is 9.64. The second-order valence-electron chi connectivity index (χ2n) is 7.89. The molecule has 0 amide bonds. The van der Waals surface area contributed by atoms with E-state index in [0.717, 1.165) is 6.04 Å². The largest absolute Gasteiger partial charge is 0.370 e. The first-order valence-electron chi connectivity index (χ1n) is 10.2. The molecule has 3 nitrogen and oxygen atoms in total. The van der Waals surface area contributed by atoms with Crippen molar-refractivity contribution >= 4 is 5.69 Å². The number of fused-ring (bicyclic) bond motifs is 1. The van der Waals surface area contributed by atoms with Gasteiger partial charge in [0.25, 0.3) is 0 Å². The second kappa shape index (κ2) is 7.88. The van der Waals surface area contributed by atoms with Crippen molar-refractivity contribution in [3.05, 3.63) is 29.8 Å². The normalized spacial score (nSPS) is 24.1. The van der Waals surface area contributed by atoms with Crippen LogP contribution in [-0.2, 0) is 6.42 Å². The van der Waals surface area contributed by atoms with Gasteiger partial charge in [0, 0.05) is 31.4 Å². The van der Waals surface area contributed by atoms with Gasteiger partial charge >= 0.3 is 0 Å². The summed E-state index contributed by atoms with van der Waals surface area (Å²) in [6.45, 7) is 8.99. The minimum Gasteiger partial charge on any atom is -0.370 e. The van der Waals surface area contributed by atoms with Crippen LogP contribution in [0, 0.1) is 0 Å². The third-order valence-electron chi connectivity index (χ3n) is 6.36. The molecule has 1 aromatic rings. The molecule has 3 aliphatic heterocycles. The number of piperidine rings is 2. The summed E-state index contributed by atoms with van der Waals surface area (Å²) in [5, 5.41) is 0. The zero-order valence-corrected chi connectivity index (χ0v) is 15.1. The standard InChI is InChI=1S/C21H33N3/c1-4-12-23(13-5-1)20-10-15-22(16-11-20)17-18-24-14-6-8-19-7-2-3-9-21(19)24/h2-3,7,9,20H,1,4-6,8,10-18H2. The topological polar surface area (TPSA) is 9.72 Å². The van der Waals surface area contributed by atoms with Crippen LogP contribution < -0.4 is 4.90 Å². The minimum atomic E-state index is 0.872. The Balaban J connectivity index is 1.25. The van der Waals surface area contributed by atoms with Crippen LogP contribution in [0.5, 0.6) is 0 Å². The van der Waals surface area contributed by atoms with Crippen LogP contribution in [0.1, 0.15) is 44.1 Å². The lowest BCUT2D eigenvalue weighted by atomic mass is 9.99. The van der Waals surface area contributed by atoms with E-state index in [1.54, 1.807) is 5.56 Å². The molecule has 0 aliphatic carbocycles. The van der Waals surface area contributed by atoms with Gasteiger partial charge in [-0.25, -0.2) is 0 Å². The predicted octanol–water partition coefficient (Wildman–Crippen LogP) is 3.39. The molecule has 0 atom stereocenters. The van der Waals surface area contributed by atoms with Crippen molar-refractivity contribution in [2.75, 3.05) is 50.7 Å². The van der Waals surface area contributed by atoms with Gasteiger partial charge in [-0.2, -0.15) is 0 Å². The van der Waals surface area contributed by atoms with Gasteiger partial charge in [-0.05, 0) is 76.3 Å². The third kappa shape index (κ3) is 3.78. The van der Waals surface area contributed by atoms with Gasteiger partial charge in [0.2, 0.25) is 0 Å². The Labute approximate surface area is 147 Å². The van der Waals surface area contributed by atoms with E-state index in [1.165, 1.54) is 96.4 Å². The first-order chi connectivity index (χ1) is 11.9. The van der Waals surface area contributed by atoms with Gasteiger partial charge in [0.15, 0.2) is 0 Å². The van der Waals surface area contributed by atoms with Gasteiger partial charge in [0.1, 0.15) is 0 Å². The van der Waals surface area contributed by atoms with E-state index >= 15 is 0 Å². The highest BCUT2D eigenvalue weighted by Crippen LogP contribution is 2.27. The number of aryl methyl sites for hydroxylation is 1. The maximum absolute atomic E-state index is 2.78. The molecule has 2 saturated heterocycles. The molecule has 0 unspecified atom stereocenters. The zero-order valence-electron chi connectivity index (χ0n) is 15.1. The van der Waals surface area contributed by atoms with Crippen LogP contribution >= 0.6 is 0 Å². The zero-order chi connectivity index (χ0) is 16.2. The molecular formula is C21H33N3. The second-order valence-corrected chi connectivity index (χ2v) is 7.89. The lowest BCUT2D eigenvalue weighted by Gasteiger charge is -2.41. The van der Waals surface area contributed by atoms with Gasteiger partial charge in [-0.3, -0.25) is 0 Å². The molecule has 3 aliphatic rings. The van der Waals surface area contributed by atoms with Crippen LogP contribution in [0.15, 0.2) is 24.3 Å². The molecule has 4 rings (SSSR count). The molecule has 0 N–H and O–H groups in total. The Morgan fingerprint density at radius 2 is 1.58 bits per heavy atom. The Bertz CT molecular complexity index is 516. The minimum absolute atomic E-state index is 0.872. The van der Waals surface area contributed by atoms with Crippen LogP contribution in [0.4, 0.5) is 5.69 Å². The van der Waals surface area contributed by atoms with Crippen molar-refractivity contribution in [3.8, 4) is 0 Å². The highest BCUT2D eigenvalue weighted by atomic mass is 15.2. The number of hydrogen-bond acceptors (Lipinski definition) is 3. The molecule has 0 bridgehead atoms. The Morgan fingerprint density at radius 3 is 2.42 bits per heavy atom. The van der Waals surface area contributed by atoms with E-state index in [4.69, 9.17) is 0 Å². The number of nitrogens with zero attached hydrogens (tertiary/aromatic N) is 3. The molecular weight excluding hydrogens is 294 g/mol. The van der Waals surface area contributed by atoms with Crippen LogP contribution in [-0.4, -0.2) is 61.7 Å². The maximum atomic E-state index is 2.78. The fourth-order valence-electron chi connectivity index (χ4n) is 4.90. The quantitative estimate of drug-likeness (QED) is 0.839. The fourth-order valence-corrected chi connectivity index (χ4v) is 4.90. The van der Waals surface area contributed by atoms with Crippen LogP contribution in [0.25, 0.3) is 0 Å². The summed E-state index contributed by atoms with van der Waals surface area (Å²) < 4.78 is 0. The summed E-state index contributed by atoms with van der Waals surface area (Å²) in [7, 11) is 0. The first kappa shape index (κ1) is 16.4. The summed E-state index contributed by atoms with van der Waals surface area (Å²) in [4.78, 5) is 8.11. The Kier molecular flexibility index (Phi) is 5.39. The SMILES string of the molecule is c1ccc2c(c1)CCCN2CCN1CCC(N2CCCCC2)CC1. The molecule has 3 heterocycles. The average Bonchev–Trinajstić information content (AvgIpc) is 2.67.